The van der Waals surface area contributed by atoms with Crippen molar-refractivity contribution in [3.63, 3.8) is 0 Å². The molecule has 2 aromatic rings. The number of thioether (sulfide) groups is 1. The van der Waals surface area contributed by atoms with Crippen molar-refractivity contribution in [1.29, 1.82) is 0 Å². The van der Waals surface area contributed by atoms with E-state index in [4.69, 9.17) is 5.73 Å². The number of anilines is 1. The average molecular weight is 540 g/mol. The van der Waals surface area contributed by atoms with E-state index in [1.165, 1.54) is 16.7 Å². The number of pyridine rings is 1. The van der Waals surface area contributed by atoms with Crippen molar-refractivity contribution >= 4 is 23.4 Å². The zero-order chi connectivity index (χ0) is 27.3. The van der Waals surface area contributed by atoms with E-state index in [-0.39, 0.29) is 30.6 Å². The SMILES string of the molecule is CCN(c1cc(CN)cc(C(=O)NCc2c(SC)cc(C)[nH]c2=O)c1C)C1CCN(CC(F)(F)F)CC1. The van der Waals surface area contributed by atoms with Crippen LogP contribution >= 0.6 is 11.8 Å². The maximum absolute atomic E-state index is 13.3. The largest absolute Gasteiger partial charge is 0.401 e. The minimum absolute atomic E-state index is 0.0624. The summed E-state index contributed by atoms with van der Waals surface area (Å²) >= 11 is 1.45. The van der Waals surface area contributed by atoms with Crippen molar-refractivity contribution < 1.29 is 18.0 Å². The van der Waals surface area contributed by atoms with Crippen molar-refractivity contribution in [1.82, 2.24) is 15.2 Å². The van der Waals surface area contributed by atoms with Crippen LogP contribution in [0.5, 0.6) is 0 Å². The molecule has 0 saturated carbocycles. The number of halogens is 3. The van der Waals surface area contributed by atoms with Gasteiger partial charge in [0.25, 0.3) is 11.5 Å². The summed E-state index contributed by atoms with van der Waals surface area (Å²) in [5.41, 5.74) is 9.88. The number of aromatic amines is 1. The first-order chi connectivity index (χ1) is 17.5. The quantitative estimate of drug-likeness (QED) is 0.418. The number of likely N-dealkylation sites (tertiary alicyclic amines) is 1. The number of carbonyl (C=O) groups is 1. The van der Waals surface area contributed by atoms with Crippen LogP contribution in [-0.4, -0.2) is 60.4 Å². The molecule has 3 rings (SSSR count). The second kappa shape index (κ2) is 12.4. The highest BCUT2D eigenvalue weighted by Gasteiger charge is 2.34. The monoisotopic (exact) mass is 539 g/mol. The number of nitrogens with zero attached hydrogens (tertiary/aromatic N) is 2. The Bertz CT molecular complexity index is 1160. The number of nitrogens with one attached hydrogen (secondary N) is 2. The molecule has 1 aliphatic rings. The van der Waals surface area contributed by atoms with E-state index in [0.29, 0.717) is 43.6 Å². The van der Waals surface area contributed by atoms with Crippen molar-refractivity contribution in [2.75, 3.05) is 37.3 Å². The van der Waals surface area contributed by atoms with Crippen molar-refractivity contribution in [2.24, 2.45) is 5.73 Å². The van der Waals surface area contributed by atoms with E-state index in [1.807, 2.05) is 39.2 Å². The second-order valence-electron chi connectivity index (χ2n) is 9.41. The first-order valence-corrected chi connectivity index (χ1v) is 13.6. The molecule has 1 amide bonds. The third kappa shape index (κ3) is 7.30. The zero-order valence-electron chi connectivity index (χ0n) is 21.8. The van der Waals surface area contributed by atoms with Gasteiger partial charge in [-0.05, 0) is 69.2 Å². The number of hydrogen-bond donors (Lipinski definition) is 3. The normalized spacial score (nSPS) is 15.1. The van der Waals surface area contributed by atoms with Gasteiger partial charge in [-0.15, -0.1) is 11.8 Å². The number of carbonyl (C=O) groups excluding carboxylic acids is 1. The average Bonchev–Trinajstić information content (AvgIpc) is 2.84. The van der Waals surface area contributed by atoms with Crippen molar-refractivity contribution in [3.8, 4) is 0 Å². The van der Waals surface area contributed by atoms with E-state index in [0.717, 1.165) is 27.4 Å². The Morgan fingerprint density at radius 3 is 2.49 bits per heavy atom. The van der Waals surface area contributed by atoms with E-state index in [9.17, 15) is 22.8 Å². The van der Waals surface area contributed by atoms with Gasteiger partial charge in [-0.1, -0.05) is 0 Å². The predicted molar refractivity (Wildman–Crippen MR) is 142 cm³/mol. The van der Waals surface area contributed by atoms with E-state index >= 15 is 0 Å². The number of aryl methyl sites for hydroxylation is 1. The van der Waals surface area contributed by atoms with Crippen LogP contribution in [0.1, 0.15) is 52.5 Å². The van der Waals surface area contributed by atoms with Gasteiger partial charge in [-0.2, -0.15) is 13.2 Å². The number of amides is 1. The molecule has 4 N–H and O–H groups in total. The third-order valence-corrected chi connectivity index (χ3v) is 7.65. The molecule has 2 heterocycles. The number of piperidine rings is 1. The van der Waals surface area contributed by atoms with Gasteiger partial charge in [0, 0.05) is 66.2 Å². The standard InChI is InChI=1S/C26H36F3N5O2S/c1-5-34(19-6-8-33(9-7-19)15-26(27,28)29)22-12-18(13-30)11-20(17(22)3)24(35)31-14-21-23(37-4)10-16(2)32-25(21)36/h10-12,19H,5-9,13-15,30H2,1-4H3,(H,31,35)(H,32,36). The molecule has 204 valence electrons. The number of hydrogen-bond acceptors (Lipinski definition) is 6. The zero-order valence-corrected chi connectivity index (χ0v) is 22.6. The summed E-state index contributed by atoms with van der Waals surface area (Å²) in [4.78, 5) is 33.0. The van der Waals surface area contributed by atoms with Crippen LogP contribution in [0.25, 0.3) is 0 Å². The molecule has 1 aromatic carbocycles. The van der Waals surface area contributed by atoms with Crippen LogP contribution in [0.15, 0.2) is 27.9 Å². The molecule has 1 aromatic heterocycles. The summed E-state index contributed by atoms with van der Waals surface area (Å²) < 4.78 is 38.4. The number of benzene rings is 1. The number of H-pyrrole nitrogens is 1. The summed E-state index contributed by atoms with van der Waals surface area (Å²) in [6.07, 6.45) is -1.12. The van der Waals surface area contributed by atoms with Crippen LogP contribution in [0.2, 0.25) is 0 Å². The Hall–Kier alpha value is -2.50. The lowest BCUT2D eigenvalue weighted by Crippen LogP contribution is -2.47. The topological polar surface area (TPSA) is 94.5 Å². The lowest BCUT2D eigenvalue weighted by Gasteiger charge is -2.40. The molecule has 0 bridgehead atoms. The van der Waals surface area contributed by atoms with Gasteiger partial charge >= 0.3 is 6.18 Å². The van der Waals surface area contributed by atoms with Crippen LogP contribution < -0.4 is 21.5 Å². The molecule has 1 saturated heterocycles. The van der Waals surface area contributed by atoms with Crippen molar-refractivity contribution in [3.05, 3.63) is 56.5 Å². The molecule has 7 nitrogen and oxygen atoms in total. The molecule has 0 radical (unpaired) electrons. The molecule has 1 aliphatic heterocycles. The van der Waals surface area contributed by atoms with Crippen molar-refractivity contribution in [2.45, 2.75) is 63.8 Å². The Kier molecular flexibility index (Phi) is 9.71. The Labute approximate surface area is 220 Å². The fraction of sp³-hybridized carbons (Fsp3) is 0.538. The first kappa shape index (κ1) is 29.1. The maximum Gasteiger partial charge on any atom is 0.401 e. The van der Waals surface area contributed by atoms with E-state index in [2.05, 4.69) is 15.2 Å². The van der Waals surface area contributed by atoms with Gasteiger partial charge < -0.3 is 20.9 Å². The molecule has 37 heavy (non-hydrogen) atoms. The van der Waals surface area contributed by atoms with Crippen LogP contribution in [0.4, 0.5) is 18.9 Å². The molecule has 0 unspecified atom stereocenters. The van der Waals surface area contributed by atoms with Crippen LogP contribution in [0, 0.1) is 13.8 Å². The Balaban J connectivity index is 1.82. The third-order valence-electron chi connectivity index (χ3n) is 6.85. The lowest BCUT2D eigenvalue weighted by molar-refractivity contribution is -0.147. The number of alkyl halides is 3. The van der Waals surface area contributed by atoms with Gasteiger partial charge in [0.1, 0.15) is 0 Å². The highest BCUT2D eigenvalue weighted by atomic mass is 32.2. The minimum Gasteiger partial charge on any atom is -0.368 e. The maximum atomic E-state index is 13.3. The van der Waals surface area contributed by atoms with E-state index < -0.39 is 12.7 Å². The molecule has 11 heteroatoms. The highest BCUT2D eigenvalue weighted by Crippen LogP contribution is 2.31. The summed E-state index contributed by atoms with van der Waals surface area (Å²) in [5.74, 6) is -0.308. The summed E-state index contributed by atoms with van der Waals surface area (Å²) in [5, 5.41) is 2.89. The molecule has 0 spiro atoms. The summed E-state index contributed by atoms with van der Waals surface area (Å²) in [7, 11) is 0. The number of aromatic nitrogens is 1. The Morgan fingerprint density at radius 1 is 1.24 bits per heavy atom. The van der Waals surface area contributed by atoms with E-state index in [1.54, 1.807) is 6.07 Å². The highest BCUT2D eigenvalue weighted by molar-refractivity contribution is 7.98. The molecule has 1 fully saturated rings. The fourth-order valence-corrected chi connectivity index (χ4v) is 5.68. The van der Waals surface area contributed by atoms with Gasteiger partial charge in [-0.25, -0.2) is 0 Å². The first-order valence-electron chi connectivity index (χ1n) is 12.4. The van der Waals surface area contributed by atoms with Gasteiger partial charge in [0.05, 0.1) is 6.54 Å². The molecular weight excluding hydrogens is 503 g/mol. The molecule has 0 aliphatic carbocycles. The summed E-state index contributed by atoms with van der Waals surface area (Å²) in [6.45, 7) is 6.51. The smallest absolute Gasteiger partial charge is 0.368 e. The molecular formula is C26H36F3N5O2S. The second-order valence-corrected chi connectivity index (χ2v) is 10.3. The Morgan fingerprint density at radius 2 is 1.92 bits per heavy atom. The lowest BCUT2D eigenvalue weighted by atomic mass is 9.97. The summed E-state index contributed by atoms with van der Waals surface area (Å²) in [6, 6.07) is 5.68. The predicted octanol–water partition coefficient (Wildman–Crippen LogP) is 3.96. The molecule has 0 atom stereocenters. The van der Waals surface area contributed by atoms with Gasteiger partial charge in [-0.3, -0.25) is 14.5 Å². The van der Waals surface area contributed by atoms with Crippen LogP contribution in [0.3, 0.4) is 0 Å². The van der Waals surface area contributed by atoms with Gasteiger partial charge in [0.15, 0.2) is 0 Å². The minimum atomic E-state index is -4.20. The fourth-order valence-electron chi connectivity index (χ4n) is 4.98. The number of nitrogens with two attached hydrogens (primary N) is 1. The van der Waals surface area contributed by atoms with Crippen LogP contribution in [-0.2, 0) is 13.1 Å². The number of rotatable bonds is 9. The van der Waals surface area contributed by atoms with Gasteiger partial charge in [0.2, 0.25) is 0 Å².